The largest absolute Gasteiger partial charge is 0.379 e. The van der Waals surface area contributed by atoms with Crippen LogP contribution in [-0.4, -0.2) is 37.1 Å². The molecule has 1 aliphatic rings. The van der Waals surface area contributed by atoms with E-state index >= 15 is 0 Å². The number of ether oxygens (including phenoxy) is 1. The van der Waals surface area contributed by atoms with Gasteiger partial charge < -0.3 is 10.1 Å². The molecule has 4 rings (SSSR count). The number of aryl methyl sites for hydroxylation is 1. The number of nitrogens with one attached hydrogen (secondary N) is 1. The van der Waals surface area contributed by atoms with Crippen LogP contribution in [-0.2, 0) is 4.74 Å². The third kappa shape index (κ3) is 4.49. The van der Waals surface area contributed by atoms with Crippen LogP contribution in [0.15, 0.2) is 46.3 Å². The maximum Gasteiger partial charge on any atom is 0.266 e. The molecule has 1 aromatic carbocycles. The van der Waals surface area contributed by atoms with Crippen molar-refractivity contribution >= 4 is 49.5 Å². The molecule has 1 atom stereocenters. The highest BCUT2D eigenvalue weighted by atomic mass is 79.9. The standard InChI is InChI=1S/C22H23BrN2O2S2/c1-14-15(2)29-22(24-21(26)18-7-4-12-28-18)19(14)20(25-8-10-27-11-9-25)16-5-3-6-17(23)13-16/h3-7,12-13,20H,8-11H2,1-2H3,(H,24,26)/t20-/m0/s1. The highest BCUT2D eigenvalue weighted by Crippen LogP contribution is 2.43. The van der Waals surface area contributed by atoms with Crippen molar-refractivity contribution in [2.24, 2.45) is 0 Å². The van der Waals surface area contributed by atoms with Crippen molar-refractivity contribution in [1.82, 2.24) is 4.90 Å². The number of carbonyl (C=O) groups is 1. The maximum absolute atomic E-state index is 12.8. The molecule has 3 heterocycles. The van der Waals surface area contributed by atoms with Gasteiger partial charge in [0.25, 0.3) is 5.91 Å². The van der Waals surface area contributed by atoms with Crippen LogP contribution in [0.1, 0.15) is 37.3 Å². The summed E-state index contributed by atoms with van der Waals surface area (Å²) in [6.07, 6.45) is 0. The summed E-state index contributed by atoms with van der Waals surface area (Å²) in [5.74, 6) is -0.0440. The van der Waals surface area contributed by atoms with Crippen molar-refractivity contribution in [2.45, 2.75) is 19.9 Å². The van der Waals surface area contributed by atoms with Crippen molar-refractivity contribution in [3.8, 4) is 0 Å². The molecule has 1 N–H and O–H groups in total. The molecule has 3 aromatic rings. The van der Waals surface area contributed by atoms with Crippen LogP contribution in [0, 0.1) is 13.8 Å². The van der Waals surface area contributed by atoms with Gasteiger partial charge in [-0.3, -0.25) is 9.69 Å². The number of halogens is 1. The first-order chi connectivity index (χ1) is 14.0. The van der Waals surface area contributed by atoms with Crippen LogP contribution < -0.4 is 5.32 Å². The number of rotatable bonds is 5. The Morgan fingerprint density at radius 3 is 2.69 bits per heavy atom. The summed E-state index contributed by atoms with van der Waals surface area (Å²) in [6.45, 7) is 7.47. The maximum atomic E-state index is 12.8. The Labute approximate surface area is 187 Å². The number of carbonyl (C=O) groups excluding carboxylic acids is 1. The summed E-state index contributed by atoms with van der Waals surface area (Å²) in [5, 5.41) is 6.07. The van der Waals surface area contributed by atoms with E-state index in [9.17, 15) is 4.79 Å². The second-order valence-corrected chi connectivity index (χ2v) is 10.2. The molecule has 0 bridgehead atoms. The summed E-state index contributed by atoms with van der Waals surface area (Å²) in [6, 6.07) is 12.3. The van der Waals surface area contributed by atoms with Crippen LogP contribution in [0.4, 0.5) is 5.00 Å². The number of amides is 1. The smallest absolute Gasteiger partial charge is 0.266 e. The molecule has 7 heteroatoms. The zero-order valence-corrected chi connectivity index (χ0v) is 19.6. The lowest BCUT2D eigenvalue weighted by molar-refractivity contribution is 0.0240. The van der Waals surface area contributed by atoms with Gasteiger partial charge in [-0.05, 0) is 48.6 Å². The molecule has 1 amide bonds. The van der Waals surface area contributed by atoms with E-state index in [2.05, 4.69) is 58.2 Å². The molecule has 0 unspecified atom stereocenters. The summed E-state index contributed by atoms with van der Waals surface area (Å²) in [5.41, 5.74) is 3.65. The lowest BCUT2D eigenvalue weighted by Gasteiger charge is -2.35. The second-order valence-electron chi connectivity index (χ2n) is 7.06. The molecule has 152 valence electrons. The molecule has 1 fully saturated rings. The molecular weight excluding hydrogens is 468 g/mol. The Bertz CT molecular complexity index is 994. The first-order valence-corrected chi connectivity index (χ1v) is 12.1. The molecular formula is C22H23BrN2O2S2. The number of thiophene rings is 2. The molecule has 2 aromatic heterocycles. The zero-order chi connectivity index (χ0) is 20.4. The Hall–Kier alpha value is -1.51. The lowest BCUT2D eigenvalue weighted by Crippen LogP contribution is -2.39. The quantitative estimate of drug-likeness (QED) is 0.486. The molecule has 4 nitrogen and oxygen atoms in total. The minimum absolute atomic E-state index is 0.0440. The van der Waals surface area contributed by atoms with Crippen molar-refractivity contribution in [2.75, 3.05) is 31.6 Å². The molecule has 0 radical (unpaired) electrons. The normalized spacial score (nSPS) is 16.0. The highest BCUT2D eigenvalue weighted by Gasteiger charge is 2.30. The van der Waals surface area contributed by atoms with E-state index in [0.29, 0.717) is 0 Å². The van der Waals surface area contributed by atoms with Gasteiger partial charge in [-0.15, -0.1) is 22.7 Å². The van der Waals surface area contributed by atoms with E-state index in [4.69, 9.17) is 4.74 Å². The van der Waals surface area contributed by atoms with Crippen LogP contribution in [0.2, 0.25) is 0 Å². The van der Waals surface area contributed by atoms with Crippen molar-refractivity contribution in [1.29, 1.82) is 0 Å². The average molecular weight is 491 g/mol. The molecule has 1 saturated heterocycles. The monoisotopic (exact) mass is 490 g/mol. The molecule has 29 heavy (non-hydrogen) atoms. The van der Waals surface area contributed by atoms with Crippen molar-refractivity contribution in [3.63, 3.8) is 0 Å². The van der Waals surface area contributed by atoms with Gasteiger partial charge in [0.2, 0.25) is 0 Å². The van der Waals surface area contributed by atoms with Crippen LogP contribution in [0.3, 0.4) is 0 Å². The third-order valence-electron chi connectivity index (χ3n) is 5.25. The van der Waals surface area contributed by atoms with E-state index in [1.165, 1.54) is 32.9 Å². The summed E-state index contributed by atoms with van der Waals surface area (Å²) in [7, 11) is 0. The Morgan fingerprint density at radius 1 is 1.21 bits per heavy atom. The minimum atomic E-state index is -0.0440. The Balaban J connectivity index is 1.78. The lowest BCUT2D eigenvalue weighted by atomic mass is 9.94. The summed E-state index contributed by atoms with van der Waals surface area (Å²) < 4.78 is 6.67. The number of hydrogen-bond acceptors (Lipinski definition) is 5. The number of hydrogen-bond donors (Lipinski definition) is 1. The predicted octanol–water partition coefficient (Wildman–Crippen LogP) is 5.86. The summed E-state index contributed by atoms with van der Waals surface area (Å²) >= 11 is 6.75. The van der Waals surface area contributed by atoms with Gasteiger partial charge in [-0.1, -0.05) is 34.1 Å². The number of morpholine rings is 1. The topological polar surface area (TPSA) is 41.6 Å². The van der Waals surface area contributed by atoms with E-state index < -0.39 is 0 Å². The average Bonchev–Trinajstić information content (AvgIpc) is 3.34. The fraction of sp³-hybridized carbons (Fsp3) is 0.318. The third-order valence-corrected chi connectivity index (χ3v) is 7.75. The minimum Gasteiger partial charge on any atom is -0.379 e. The van der Waals surface area contributed by atoms with Gasteiger partial charge in [-0.25, -0.2) is 0 Å². The zero-order valence-electron chi connectivity index (χ0n) is 16.4. The van der Waals surface area contributed by atoms with Gasteiger partial charge in [0, 0.05) is 28.0 Å². The molecule has 0 aliphatic carbocycles. The van der Waals surface area contributed by atoms with E-state index in [1.54, 1.807) is 11.3 Å². The first kappa shape index (κ1) is 20.8. The highest BCUT2D eigenvalue weighted by molar-refractivity contribution is 9.10. The Morgan fingerprint density at radius 2 is 2.00 bits per heavy atom. The van der Waals surface area contributed by atoms with Gasteiger partial charge in [-0.2, -0.15) is 0 Å². The van der Waals surface area contributed by atoms with Crippen LogP contribution in [0.5, 0.6) is 0 Å². The number of nitrogens with zero attached hydrogens (tertiary/aromatic N) is 1. The van der Waals surface area contributed by atoms with E-state index in [1.807, 2.05) is 23.6 Å². The van der Waals surface area contributed by atoms with Crippen molar-refractivity contribution in [3.05, 3.63) is 72.7 Å². The van der Waals surface area contributed by atoms with Gasteiger partial charge in [0.1, 0.15) is 5.00 Å². The number of anilines is 1. The molecule has 1 aliphatic heterocycles. The fourth-order valence-corrected chi connectivity index (χ4v) is 5.84. The van der Waals surface area contributed by atoms with E-state index in [-0.39, 0.29) is 11.9 Å². The first-order valence-electron chi connectivity index (χ1n) is 9.56. The van der Waals surface area contributed by atoms with Gasteiger partial charge >= 0.3 is 0 Å². The second kappa shape index (κ2) is 9.10. The summed E-state index contributed by atoms with van der Waals surface area (Å²) in [4.78, 5) is 17.2. The van der Waals surface area contributed by atoms with Gasteiger partial charge in [0.15, 0.2) is 0 Å². The van der Waals surface area contributed by atoms with Crippen LogP contribution in [0.25, 0.3) is 0 Å². The Kier molecular flexibility index (Phi) is 6.51. The SMILES string of the molecule is Cc1sc(NC(=O)c2cccs2)c([C@H](c2cccc(Br)c2)N2CCOCC2)c1C. The predicted molar refractivity (Wildman–Crippen MR) is 124 cm³/mol. The number of benzene rings is 1. The van der Waals surface area contributed by atoms with Crippen LogP contribution >= 0.6 is 38.6 Å². The fourth-order valence-electron chi connectivity index (χ4n) is 3.71. The van der Waals surface area contributed by atoms with Gasteiger partial charge in [0.05, 0.1) is 24.1 Å². The van der Waals surface area contributed by atoms with Crippen molar-refractivity contribution < 1.29 is 9.53 Å². The molecule has 0 saturated carbocycles. The molecule has 0 spiro atoms. The van der Waals surface area contributed by atoms with E-state index in [0.717, 1.165) is 40.7 Å².